The molecule has 1 aromatic heterocycles. The quantitative estimate of drug-likeness (QED) is 0.600. The predicted octanol–water partition coefficient (Wildman–Crippen LogP) is 6.26. The Bertz CT molecular complexity index is 940. The van der Waals surface area contributed by atoms with Gasteiger partial charge in [0.05, 0.1) is 11.4 Å². The minimum absolute atomic E-state index is 0.586. The molecule has 1 heterocycles. The van der Waals surface area contributed by atoms with Gasteiger partial charge in [-0.25, -0.2) is 0 Å². The first-order chi connectivity index (χ1) is 13.4. The Morgan fingerprint density at radius 1 is 0.815 bits per heavy atom. The molecule has 1 N–H and O–H groups in total. The van der Waals surface area contributed by atoms with Gasteiger partial charge in [0.25, 0.3) is 0 Å². The molecular weight excluding hydrogens is 328 g/mol. The first kappa shape index (κ1) is 16.6. The third-order valence-electron chi connectivity index (χ3n) is 6.05. The number of aryl methyl sites for hydroxylation is 2. The molecule has 3 aromatic rings. The summed E-state index contributed by atoms with van der Waals surface area (Å²) in [4.78, 5) is 5.10. The summed E-state index contributed by atoms with van der Waals surface area (Å²) in [6, 6.07) is 22.3. The highest BCUT2D eigenvalue weighted by molar-refractivity contribution is 5.86. The maximum absolute atomic E-state index is 5.10. The van der Waals surface area contributed by atoms with E-state index >= 15 is 0 Å². The molecule has 0 aliphatic heterocycles. The summed E-state index contributed by atoms with van der Waals surface area (Å²) in [6.07, 6.45) is 8.72. The third-order valence-corrected chi connectivity index (χ3v) is 6.05. The van der Waals surface area contributed by atoms with Crippen LogP contribution in [0.4, 0.5) is 5.69 Å². The van der Waals surface area contributed by atoms with Gasteiger partial charge in [-0.15, -0.1) is 0 Å². The average molecular weight is 354 g/mol. The van der Waals surface area contributed by atoms with Crippen LogP contribution in [0.1, 0.15) is 43.4 Å². The molecule has 0 radical (unpaired) electrons. The fourth-order valence-corrected chi connectivity index (χ4v) is 4.65. The van der Waals surface area contributed by atoms with Crippen LogP contribution in [0.5, 0.6) is 0 Å². The number of anilines is 1. The monoisotopic (exact) mass is 354 g/mol. The zero-order valence-corrected chi connectivity index (χ0v) is 15.7. The predicted molar refractivity (Wildman–Crippen MR) is 113 cm³/mol. The summed E-state index contributed by atoms with van der Waals surface area (Å²) in [5.41, 5.74) is 8.96. The largest absolute Gasteiger partial charge is 0.382 e. The van der Waals surface area contributed by atoms with Crippen LogP contribution in [0.25, 0.3) is 22.4 Å². The highest BCUT2D eigenvalue weighted by atomic mass is 14.9. The fourth-order valence-electron chi connectivity index (χ4n) is 4.65. The molecule has 0 atom stereocenters. The number of rotatable bonds is 3. The van der Waals surface area contributed by atoms with E-state index < -0.39 is 0 Å². The molecule has 0 bridgehead atoms. The number of nitrogens with zero attached hydrogens (tertiary/aromatic N) is 1. The number of hydrogen-bond acceptors (Lipinski definition) is 2. The van der Waals surface area contributed by atoms with Crippen molar-refractivity contribution < 1.29 is 0 Å². The lowest BCUT2D eigenvalue weighted by molar-refractivity contribution is 0.463. The van der Waals surface area contributed by atoms with Crippen molar-refractivity contribution in [2.75, 3.05) is 5.32 Å². The Morgan fingerprint density at radius 3 is 2.44 bits per heavy atom. The first-order valence-corrected chi connectivity index (χ1v) is 10.3. The van der Waals surface area contributed by atoms with E-state index in [-0.39, 0.29) is 0 Å². The van der Waals surface area contributed by atoms with E-state index in [1.165, 1.54) is 65.7 Å². The molecule has 2 aliphatic carbocycles. The summed E-state index contributed by atoms with van der Waals surface area (Å²) in [5.74, 6) is 0. The molecule has 0 amide bonds. The van der Waals surface area contributed by atoms with Crippen molar-refractivity contribution in [3.05, 3.63) is 71.9 Å². The van der Waals surface area contributed by atoms with E-state index in [1.54, 1.807) is 0 Å². The number of pyridine rings is 1. The lowest BCUT2D eigenvalue weighted by Gasteiger charge is -2.28. The van der Waals surface area contributed by atoms with Crippen LogP contribution < -0.4 is 5.32 Å². The zero-order chi connectivity index (χ0) is 18.1. The van der Waals surface area contributed by atoms with E-state index in [0.29, 0.717) is 6.04 Å². The van der Waals surface area contributed by atoms with Crippen molar-refractivity contribution in [3.8, 4) is 22.4 Å². The van der Waals surface area contributed by atoms with Crippen LogP contribution in [0.3, 0.4) is 0 Å². The molecule has 2 nitrogen and oxygen atoms in total. The molecule has 1 saturated carbocycles. The molecule has 0 spiro atoms. The summed E-state index contributed by atoms with van der Waals surface area (Å²) in [5, 5.41) is 3.92. The van der Waals surface area contributed by atoms with Gasteiger partial charge in [0, 0.05) is 22.9 Å². The summed E-state index contributed by atoms with van der Waals surface area (Å²) >= 11 is 0. The van der Waals surface area contributed by atoms with E-state index in [4.69, 9.17) is 4.98 Å². The highest BCUT2D eigenvalue weighted by Gasteiger charge is 2.23. The second-order valence-corrected chi connectivity index (χ2v) is 7.88. The van der Waals surface area contributed by atoms with Gasteiger partial charge < -0.3 is 5.32 Å². The van der Waals surface area contributed by atoms with Gasteiger partial charge in [0.1, 0.15) is 0 Å². The maximum Gasteiger partial charge on any atom is 0.0726 e. The van der Waals surface area contributed by atoms with Crippen molar-refractivity contribution in [2.45, 2.75) is 51.0 Å². The number of hydrogen-bond donors (Lipinski definition) is 1. The molecule has 27 heavy (non-hydrogen) atoms. The van der Waals surface area contributed by atoms with Gasteiger partial charge in [-0.1, -0.05) is 73.9 Å². The molecule has 5 rings (SSSR count). The standard InChI is InChI=1S/C25H26N2/c1-3-10-19(11-4-1)23-17-24(26-20-12-5-2-6-13-20)25-21-14-8-7-9-18(21)15-16-22(25)27-23/h1,3-4,7-11,14,17,20H,2,5-6,12-13,15-16H2,(H,26,27). The van der Waals surface area contributed by atoms with E-state index in [1.807, 2.05) is 0 Å². The fraction of sp³-hybridized carbons (Fsp3) is 0.320. The van der Waals surface area contributed by atoms with Gasteiger partial charge in [-0.05, 0) is 42.9 Å². The molecule has 2 aliphatic rings. The molecule has 0 saturated heterocycles. The molecule has 0 unspecified atom stereocenters. The number of fused-ring (bicyclic) bond motifs is 3. The average Bonchev–Trinajstić information content (AvgIpc) is 2.74. The van der Waals surface area contributed by atoms with Crippen LogP contribution in [-0.4, -0.2) is 11.0 Å². The maximum atomic E-state index is 5.10. The molecule has 1 fully saturated rings. The smallest absolute Gasteiger partial charge is 0.0726 e. The summed E-state index contributed by atoms with van der Waals surface area (Å²) in [6.45, 7) is 0. The van der Waals surface area contributed by atoms with Crippen LogP contribution in [0, 0.1) is 0 Å². The van der Waals surface area contributed by atoms with E-state index in [0.717, 1.165) is 18.5 Å². The second kappa shape index (κ2) is 7.19. The van der Waals surface area contributed by atoms with Crippen LogP contribution in [0.2, 0.25) is 0 Å². The Balaban J connectivity index is 1.64. The lowest BCUT2D eigenvalue weighted by Crippen LogP contribution is -2.23. The Hall–Kier alpha value is -2.61. The van der Waals surface area contributed by atoms with Crippen LogP contribution in [0.15, 0.2) is 60.7 Å². The van der Waals surface area contributed by atoms with Crippen LogP contribution in [-0.2, 0) is 12.8 Å². The van der Waals surface area contributed by atoms with Crippen LogP contribution >= 0.6 is 0 Å². The van der Waals surface area contributed by atoms with Crippen molar-refractivity contribution in [1.29, 1.82) is 0 Å². The number of aromatic nitrogens is 1. The molecule has 2 aromatic carbocycles. The topological polar surface area (TPSA) is 24.9 Å². The Kier molecular flexibility index (Phi) is 4.41. The van der Waals surface area contributed by atoms with Gasteiger partial charge in [-0.2, -0.15) is 0 Å². The SMILES string of the molecule is c1ccc(-c2cc(NC3CCCCC3)c3c(n2)CCc2ccccc2-3)cc1. The first-order valence-electron chi connectivity index (χ1n) is 10.3. The Morgan fingerprint density at radius 2 is 1.59 bits per heavy atom. The second-order valence-electron chi connectivity index (χ2n) is 7.88. The van der Waals surface area contributed by atoms with Gasteiger partial charge in [0.15, 0.2) is 0 Å². The molecule has 2 heteroatoms. The van der Waals surface area contributed by atoms with Gasteiger partial charge in [-0.3, -0.25) is 4.98 Å². The normalized spacial score (nSPS) is 16.4. The van der Waals surface area contributed by atoms with Crippen molar-refractivity contribution in [2.24, 2.45) is 0 Å². The van der Waals surface area contributed by atoms with Crippen molar-refractivity contribution in [3.63, 3.8) is 0 Å². The van der Waals surface area contributed by atoms with E-state index in [9.17, 15) is 0 Å². The number of nitrogens with one attached hydrogen (secondary N) is 1. The molecular formula is C25H26N2. The van der Waals surface area contributed by atoms with Gasteiger partial charge in [0.2, 0.25) is 0 Å². The van der Waals surface area contributed by atoms with Crippen molar-refractivity contribution >= 4 is 5.69 Å². The molecule has 136 valence electrons. The summed E-state index contributed by atoms with van der Waals surface area (Å²) in [7, 11) is 0. The third kappa shape index (κ3) is 3.25. The Labute approximate surface area is 161 Å². The summed E-state index contributed by atoms with van der Waals surface area (Å²) < 4.78 is 0. The van der Waals surface area contributed by atoms with E-state index in [2.05, 4.69) is 66.0 Å². The lowest BCUT2D eigenvalue weighted by atomic mass is 9.86. The van der Waals surface area contributed by atoms with Crippen molar-refractivity contribution in [1.82, 2.24) is 4.98 Å². The highest BCUT2D eigenvalue weighted by Crippen LogP contribution is 2.40. The van der Waals surface area contributed by atoms with Gasteiger partial charge >= 0.3 is 0 Å². The minimum Gasteiger partial charge on any atom is -0.382 e. The zero-order valence-electron chi connectivity index (χ0n) is 15.7. The number of benzene rings is 2. The minimum atomic E-state index is 0.586.